The Balaban J connectivity index is 1.96. The van der Waals surface area contributed by atoms with Gasteiger partial charge in [0.25, 0.3) is 0 Å². The van der Waals surface area contributed by atoms with Gasteiger partial charge >= 0.3 is 0 Å². The van der Waals surface area contributed by atoms with Gasteiger partial charge in [0, 0.05) is 6.92 Å². The molecule has 0 aromatic carbocycles. The fraction of sp³-hybridized carbons (Fsp3) is 0.925. The molecule has 290 valence electrons. The number of unbranched alkanes of at least 4 members (excludes halogenated alkanes) is 25. The van der Waals surface area contributed by atoms with E-state index in [0.29, 0.717) is 0 Å². The smallest absolute Gasteiger partial charge is 0.217 e. The molecule has 0 aliphatic carbocycles. The molecule has 0 bridgehead atoms. The van der Waals surface area contributed by atoms with Gasteiger partial charge in [-0.2, -0.15) is 0 Å². The second-order valence-electron chi connectivity index (χ2n) is 14.5. The second kappa shape index (κ2) is 31.6. The number of allylic oxidation sites excluding steroid dienone is 1. The molecule has 1 heterocycles. The average Bonchev–Trinajstić information content (AvgIpc) is 3.09. The molecular weight excluding hydrogens is 622 g/mol. The van der Waals surface area contributed by atoms with Crippen molar-refractivity contribution in [2.45, 2.75) is 224 Å². The molecule has 9 nitrogen and oxygen atoms in total. The van der Waals surface area contributed by atoms with E-state index in [4.69, 9.17) is 9.47 Å². The summed E-state index contributed by atoms with van der Waals surface area (Å²) < 4.78 is 10.9. The van der Waals surface area contributed by atoms with Crippen LogP contribution in [-0.4, -0.2) is 87.5 Å². The Kier molecular flexibility index (Phi) is 29.7. The highest BCUT2D eigenvalue weighted by molar-refractivity contribution is 5.73. The number of hydrogen-bond donors (Lipinski definition) is 6. The lowest BCUT2D eigenvalue weighted by Crippen LogP contribution is -2.60. The minimum absolute atomic E-state index is 0.201. The number of amides is 1. The first-order valence-electron chi connectivity index (χ1n) is 20.4. The van der Waals surface area contributed by atoms with Crippen LogP contribution in [0.25, 0.3) is 0 Å². The van der Waals surface area contributed by atoms with Crippen molar-refractivity contribution in [2.75, 3.05) is 13.2 Å². The molecule has 9 heteroatoms. The molecule has 0 aromatic heterocycles. The van der Waals surface area contributed by atoms with Crippen molar-refractivity contribution in [3.8, 4) is 0 Å². The Morgan fingerprint density at radius 2 is 1.08 bits per heavy atom. The number of aliphatic hydroxyl groups excluding tert-OH is 5. The monoisotopic (exact) mass is 700 g/mol. The third kappa shape index (κ3) is 23.9. The Morgan fingerprint density at radius 1 is 0.673 bits per heavy atom. The summed E-state index contributed by atoms with van der Waals surface area (Å²) in [7, 11) is 0. The van der Waals surface area contributed by atoms with E-state index in [-0.39, 0.29) is 12.5 Å². The van der Waals surface area contributed by atoms with Crippen molar-refractivity contribution < 1.29 is 39.8 Å². The number of ether oxygens (including phenoxy) is 2. The first-order valence-corrected chi connectivity index (χ1v) is 20.4. The van der Waals surface area contributed by atoms with E-state index >= 15 is 0 Å². The zero-order valence-corrected chi connectivity index (χ0v) is 31.5. The third-order valence-corrected chi connectivity index (χ3v) is 9.90. The zero-order chi connectivity index (χ0) is 36.0. The van der Waals surface area contributed by atoms with E-state index in [1.807, 2.05) is 6.08 Å². The van der Waals surface area contributed by atoms with E-state index in [9.17, 15) is 30.3 Å². The van der Waals surface area contributed by atoms with Crippen LogP contribution in [0.1, 0.15) is 181 Å². The molecule has 1 fully saturated rings. The lowest BCUT2D eigenvalue weighted by Gasteiger charge is -2.40. The largest absolute Gasteiger partial charge is 0.394 e. The summed E-state index contributed by atoms with van der Waals surface area (Å²) in [5.41, 5.74) is 0. The summed E-state index contributed by atoms with van der Waals surface area (Å²) >= 11 is 0. The maximum Gasteiger partial charge on any atom is 0.217 e. The summed E-state index contributed by atoms with van der Waals surface area (Å²) in [6, 6.07) is -0.801. The second-order valence-corrected chi connectivity index (χ2v) is 14.5. The standard InChI is InChI=1S/C40H77NO8/c1-3-4-5-6-7-8-9-10-11-12-13-14-15-16-17-18-19-20-21-22-23-24-25-26-27-28-29-30-35(44)34(41-33(2)43)32-48-40-39(47)38(46)37(45)36(31-42)49-40/h29-30,34-40,42,44-47H,3-28,31-32H2,1-2H3,(H,41,43)/b30-29+. The number of carbonyl (C=O) groups is 1. The van der Waals surface area contributed by atoms with Crippen LogP contribution in [0.5, 0.6) is 0 Å². The predicted molar refractivity (Wildman–Crippen MR) is 198 cm³/mol. The van der Waals surface area contributed by atoms with E-state index < -0.39 is 49.5 Å². The fourth-order valence-corrected chi connectivity index (χ4v) is 6.66. The minimum Gasteiger partial charge on any atom is -0.394 e. The van der Waals surface area contributed by atoms with Crippen molar-refractivity contribution in [3.63, 3.8) is 0 Å². The molecular formula is C40H77NO8. The summed E-state index contributed by atoms with van der Waals surface area (Å²) in [5, 5.41) is 52.6. The summed E-state index contributed by atoms with van der Waals surface area (Å²) in [6.07, 6.45) is 30.6. The number of rotatable bonds is 33. The van der Waals surface area contributed by atoms with Gasteiger partial charge in [-0.1, -0.05) is 173 Å². The highest BCUT2D eigenvalue weighted by Crippen LogP contribution is 2.22. The van der Waals surface area contributed by atoms with Crippen LogP contribution in [0.15, 0.2) is 12.2 Å². The molecule has 0 spiro atoms. The van der Waals surface area contributed by atoms with Crippen molar-refractivity contribution >= 4 is 5.91 Å². The van der Waals surface area contributed by atoms with Crippen molar-refractivity contribution in [2.24, 2.45) is 0 Å². The van der Waals surface area contributed by atoms with Crippen LogP contribution >= 0.6 is 0 Å². The quantitative estimate of drug-likeness (QED) is 0.0307. The fourth-order valence-electron chi connectivity index (χ4n) is 6.66. The topological polar surface area (TPSA) is 149 Å². The first-order chi connectivity index (χ1) is 23.8. The van der Waals surface area contributed by atoms with Gasteiger partial charge in [-0.3, -0.25) is 4.79 Å². The van der Waals surface area contributed by atoms with E-state index in [2.05, 4.69) is 12.2 Å². The molecule has 1 rings (SSSR count). The molecule has 0 saturated carbocycles. The molecule has 49 heavy (non-hydrogen) atoms. The summed E-state index contributed by atoms with van der Waals surface area (Å²) in [5.74, 6) is -0.352. The van der Waals surface area contributed by atoms with Gasteiger partial charge in [-0.15, -0.1) is 0 Å². The normalized spacial score (nSPS) is 22.5. The van der Waals surface area contributed by atoms with Crippen LogP contribution in [0, 0.1) is 0 Å². The molecule has 6 N–H and O–H groups in total. The molecule has 0 aromatic rings. The molecule has 7 atom stereocenters. The zero-order valence-electron chi connectivity index (χ0n) is 31.5. The maximum absolute atomic E-state index is 11.7. The number of carbonyl (C=O) groups excluding carboxylic acids is 1. The Labute approximate surface area is 299 Å². The van der Waals surface area contributed by atoms with Crippen LogP contribution in [0.2, 0.25) is 0 Å². The number of nitrogens with one attached hydrogen (secondary N) is 1. The van der Waals surface area contributed by atoms with E-state index in [0.717, 1.165) is 19.3 Å². The van der Waals surface area contributed by atoms with Crippen LogP contribution < -0.4 is 5.32 Å². The lowest BCUT2D eigenvalue weighted by molar-refractivity contribution is -0.302. The molecule has 0 radical (unpaired) electrons. The first kappa shape index (κ1) is 46.0. The molecule has 1 aliphatic rings. The maximum atomic E-state index is 11.7. The summed E-state index contributed by atoms with van der Waals surface area (Å²) in [4.78, 5) is 11.7. The molecule has 7 unspecified atom stereocenters. The molecule has 1 saturated heterocycles. The Morgan fingerprint density at radius 3 is 1.47 bits per heavy atom. The minimum atomic E-state index is -1.56. The number of hydrogen-bond acceptors (Lipinski definition) is 8. The molecule has 1 aliphatic heterocycles. The van der Waals surface area contributed by atoms with E-state index in [1.54, 1.807) is 6.08 Å². The average molecular weight is 700 g/mol. The highest BCUT2D eigenvalue weighted by atomic mass is 16.7. The van der Waals surface area contributed by atoms with Crippen molar-refractivity contribution in [1.82, 2.24) is 5.32 Å². The van der Waals surface area contributed by atoms with Crippen molar-refractivity contribution in [1.29, 1.82) is 0 Å². The van der Waals surface area contributed by atoms with E-state index in [1.165, 1.54) is 155 Å². The van der Waals surface area contributed by atoms with Crippen LogP contribution in [0.4, 0.5) is 0 Å². The predicted octanol–water partition coefficient (Wildman–Crippen LogP) is 7.39. The van der Waals surface area contributed by atoms with Gasteiger partial charge in [0.1, 0.15) is 24.4 Å². The van der Waals surface area contributed by atoms with Gasteiger partial charge in [0.2, 0.25) is 5.91 Å². The third-order valence-electron chi connectivity index (χ3n) is 9.90. The van der Waals surface area contributed by atoms with Gasteiger partial charge in [-0.05, 0) is 12.8 Å². The van der Waals surface area contributed by atoms with Gasteiger partial charge < -0.3 is 40.3 Å². The van der Waals surface area contributed by atoms with Crippen LogP contribution in [0.3, 0.4) is 0 Å². The highest BCUT2D eigenvalue weighted by Gasteiger charge is 2.44. The SMILES string of the molecule is CCCCCCCCCCCCCCCCCCCCCCCCCCC/C=C/C(O)C(COC1OC(CO)C(O)C(O)C1O)NC(C)=O. The van der Waals surface area contributed by atoms with Gasteiger partial charge in [0.15, 0.2) is 6.29 Å². The van der Waals surface area contributed by atoms with Gasteiger partial charge in [0.05, 0.1) is 25.4 Å². The lowest BCUT2D eigenvalue weighted by atomic mass is 9.99. The number of aliphatic hydroxyl groups is 5. The molecule has 1 amide bonds. The van der Waals surface area contributed by atoms with Crippen molar-refractivity contribution in [3.05, 3.63) is 12.2 Å². The Hall–Kier alpha value is -1.07. The Bertz CT molecular complexity index is 781. The van der Waals surface area contributed by atoms with Crippen LogP contribution in [-0.2, 0) is 14.3 Å². The van der Waals surface area contributed by atoms with Gasteiger partial charge in [-0.25, -0.2) is 0 Å². The summed E-state index contributed by atoms with van der Waals surface area (Å²) in [6.45, 7) is 2.85.